The molecule has 10 nitrogen and oxygen atoms in total. The molecule has 1 atom stereocenters. The number of rotatable bonds is 5. The summed E-state index contributed by atoms with van der Waals surface area (Å²) in [6.07, 6.45) is 0.859. The number of aromatic nitrogens is 2. The van der Waals surface area contributed by atoms with Crippen molar-refractivity contribution in [2.75, 3.05) is 50.0 Å². The zero-order valence-electron chi connectivity index (χ0n) is 25.6. The maximum absolute atomic E-state index is 6.49. The fraction of sp³-hybridized carbons (Fsp3) is 0.314. The maximum Gasteiger partial charge on any atom is 0.203 e. The summed E-state index contributed by atoms with van der Waals surface area (Å²) in [5.41, 5.74) is 7.55. The van der Waals surface area contributed by atoms with Gasteiger partial charge in [-0.05, 0) is 38.5 Å². The number of nitrogens with one attached hydrogen (secondary N) is 2. The van der Waals surface area contributed by atoms with Gasteiger partial charge in [-0.3, -0.25) is 4.99 Å². The molecule has 0 saturated heterocycles. The Morgan fingerprint density at radius 3 is 2.42 bits per heavy atom. The molecule has 2 aromatic rings. The van der Waals surface area contributed by atoms with Gasteiger partial charge in [0.25, 0.3) is 0 Å². The Labute approximate surface area is 259 Å². The van der Waals surface area contributed by atoms with Crippen molar-refractivity contribution in [2.45, 2.75) is 33.3 Å². The van der Waals surface area contributed by atoms with Crippen molar-refractivity contribution in [2.24, 2.45) is 4.99 Å². The molecule has 8 rings (SSSR count). The van der Waals surface area contributed by atoms with Crippen molar-refractivity contribution in [1.29, 1.82) is 0 Å². The summed E-state index contributed by atoms with van der Waals surface area (Å²) >= 11 is 0. The van der Waals surface area contributed by atoms with Gasteiger partial charge in [-0.15, -0.1) is 0 Å². The van der Waals surface area contributed by atoms with Crippen molar-refractivity contribution in [1.82, 2.24) is 14.5 Å². The molecule has 10 heteroatoms. The minimum atomic E-state index is 0.0125. The predicted octanol–water partition coefficient (Wildman–Crippen LogP) is 5.27. The molecule has 0 fully saturated rings. The van der Waals surface area contributed by atoms with Crippen molar-refractivity contribution in [3.8, 4) is 34.4 Å². The van der Waals surface area contributed by atoms with Crippen LogP contribution in [0.1, 0.15) is 25.8 Å². The maximum atomic E-state index is 6.49. The van der Waals surface area contributed by atoms with E-state index in [0.29, 0.717) is 18.7 Å². The van der Waals surface area contributed by atoms with E-state index in [-0.39, 0.29) is 6.10 Å². The Bertz CT molecular complexity index is 2170. The largest absolute Gasteiger partial charge is 0.490 e. The molecule has 1 unspecified atom stereocenters. The van der Waals surface area contributed by atoms with E-state index in [2.05, 4.69) is 46.2 Å². The molecule has 0 radical (unpaired) electrons. The van der Waals surface area contributed by atoms with Gasteiger partial charge in [0.1, 0.15) is 59.7 Å². The van der Waals surface area contributed by atoms with Crippen LogP contribution in [0.2, 0.25) is 0 Å². The van der Waals surface area contributed by atoms with Crippen LogP contribution in [0.3, 0.4) is 0 Å². The van der Waals surface area contributed by atoms with Crippen LogP contribution in [0, 0.1) is 6.92 Å². The summed E-state index contributed by atoms with van der Waals surface area (Å²) in [7, 11) is 0. The molecule has 2 N–H and O–H groups in total. The highest BCUT2D eigenvalue weighted by molar-refractivity contribution is 5.85. The fourth-order valence-electron chi connectivity index (χ4n) is 6.19. The lowest BCUT2D eigenvalue weighted by Gasteiger charge is -2.27. The summed E-state index contributed by atoms with van der Waals surface area (Å²) in [4.78, 5) is 14.3. The standard InChI is InChI=1S/C35H34N6O4/c1-4-36-24-14-33-27(12-20(24)3)40-29-18-32-26(16-35(29)45-33)38-19-22(43-32)8-10-41(5-2)21-6-7-23-31(13-21)44-34-15-25-30(17-28(34)39-23)42-11-9-37-25/h6-7,12-18,22H,4-5,8-11,19H2,1-3H3,(H,36,38)/p+1. The SMILES string of the molecule is CCN=c1cc2oc3cc4c(cc3nc-2cc1C)OC(CC[N+](CC)=c1ccc2nc3cc5c(cc3oc-2c1)NCCO5)CN4. The molecular formula is C35H35N6O4+. The van der Waals surface area contributed by atoms with Gasteiger partial charge in [-0.1, -0.05) is 0 Å². The molecule has 4 heterocycles. The summed E-state index contributed by atoms with van der Waals surface area (Å²) < 4.78 is 27.2. The van der Waals surface area contributed by atoms with Gasteiger partial charge in [0.15, 0.2) is 22.7 Å². The van der Waals surface area contributed by atoms with E-state index >= 15 is 0 Å². The first-order chi connectivity index (χ1) is 22.0. The lowest BCUT2D eigenvalue weighted by Crippen LogP contribution is -2.37. The monoisotopic (exact) mass is 603 g/mol. The number of benzene rings is 4. The van der Waals surface area contributed by atoms with Crippen molar-refractivity contribution in [3.63, 3.8) is 0 Å². The number of anilines is 2. The Morgan fingerprint density at radius 2 is 1.62 bits per heavy atom. The quantitative estimate of drug-likeness (QED) is 0.203. The fourth-order valence-corrected chi connectivity index (χ4v) is 6.19. The van der Waals surface area contributed by atoms with Gasteiger partial charge in [-0.2, -0.15) is 0 Å². The second-order valence-electron chi connectivity index (χ2n) is 11.6. The molecule has 0 spiro atoms. The van der Waals surface area contributed by atoms with Gasteiger partial charge < -0.3 is 28.9 Å². The second kappa shape index (κ2) is 11.1. The second-order valence-corrected chi connectivity index (χ2v) is 11.6. The smallest absolute Gasteiger partial charge is 0.203 e. The molecule has 45 heavy (non-hydrogen) atoms. The zero-order valence-corrected chi connectivity index (χ0v) is 25.6. The van der Waals surface area contributed by atoms with Gasteiger partial charge in [0.05, 0.1) is 29.3 Å². The lowest BCUT2D eigenvalue weighted by molar-refractivity contribution is 0.192. The van der Waals surface area contributed by atoms with E-state index in [0.717, 1.165) is 111 Å². The average molecular weight is 604 g/mol. The number of hydrogen-bond acceptors (Lipinski definition) is 9. The van der Waals surface area contributed by atoms with Crippen LogP contribution in [-0.4, -0.2) is 55.4 Å². The number of ether oxygens (including phenoxy) is 2. The van der Waals surface area contributed by atoms with Gasteiger partial charge in [-0.25, -0.2) is 14.5 Å². The van der Waals surface area contributed by atoms with E-state index in [1.165, 1.54) is 0 Å². The van der Waals surface area contributed by atoms with Gasteiger partial charge in [0, 0.05) is 55.9 Å². The first-order valence-corrected chi connectivity index (χ1v) is 15.7. The summed E-state index contributed by atoms with van der Waals surface area (Å²) in [6, 6.07) is 18.1. The Morgan fingerprint density at radius 1 is 0.867 bits per heavy atom. The number of aryl methyl sites for hydroxylation is 1. The summed E-state index contributed by atoms with van der Waals surface area (Å²) in [5, 5.41) is 8.95. The molecule has 0 saturated carbocycles. The van der Waals surface area contributed by atoms with Crippen LogP contribution >= 0.6 is 0 Å². The van der Waals surface area contributed by atoms with E-state index in [4.69, 9.17) is 28.3 Å². The molecule has 0 aromatic heterocycles. The number of nitrogens with zero attached hydrogens (tertiary/aromatic N) is 4. The number of hydrogen-bond donors (Lipinski definition) is 2. The molecule has 228 valence electrons. The van der Waals surface area contributed by atoms with Gasteiger partial charge in [0.2, 0.25) is 5.36 Å². The molecular weight excluding hydrogens is 568 g/mol. The third kappa shape index (κ3) is 5.09. The normalized spacial score (nSPS) is 17.0. The Hall–Kier alpha value is -5.12. The third-order valence-corrected chi connectivity index (χ3v) is 8.55. The van der Waals surface area contributed by atoms with E-state index in [1.807, 2.05) is 49.4 Å². The highest BCUT2D eigenvalue weighted by atomic mass is 16.5. The molecule has 6 aliphatic rings. The van der Waals surface area contributed by atoms with Crippen molar-refractivity contribution < 1.29 is 18.3 Å². The molecule has 0 bridgehead atoms. The lowest BCUT2D eigenvalue weighted by atomic mass is 10.1. The highest BCUT2D eigenvalue weighted by Crippen LogP contribution is 2.36. The molecule has 4 aliphatic heterocycles. The topological polar surface area (TPSA) is 110 Å². The van der Waals surface area contributed by atoms with Crippen LogP contribution < -0.4 is 35.4 Å². The third-order valence-electron chi connectivity index (χ3n) is 8.55. The molecule has 2 aromatic carbocycles. The highest BCUT2D eigenvalue weighted by Gasteiger charge is 2.24. The first-order valence-electron chi connectivity index (χ1n) is 15.7. The van der Waals surface area contributed by atoms with Crippen LogP contribution in [0.15, 0.2) is 68.4 Å². The minimum Gasteiger partial charge on any atom is -0.490 e. The van der Waals surface area contributed by atoms with Crippen LogP contribution in [0.5, 0.6) is 11.5 Å². The van der Waals surface area contributed by atoms with Crippen LogP contribution in [0.4, 0.5) is 11.4 Å². The van der Waals surface area contributed by atoms with Gasteiger partial charge >= 0.3 is 0 Å². The van der Waals surface area contributed by atoms with Crippen LogP contribution in [-0.2, 0) is 0 Å². The van der Waals surface area contributed by atoms with Crippen molar-refractivity contribution >= 4 is 33.6 Å². The summed E-state index contributed by atoms with van der Waals surface area (Å²) in [6.45, 7) is 10.8. The average Bonchev–Trinajstić information content (AvgIpc) is 3.05. The minimum absolute atomic E-state index is 0.0125. The predicted molar refractivity (Wildman–Crippen MR) is 174 cm³/mol. The zero-order chi connectivity index (χ0) is 30.5. The Balaban J connectivity index is 1.04. The number of fused-ring (bicyclic) bond motifs is 6. The van der Waals surface area contributed by atoms with E-state index in [1.54, 1.807) is 0 Å². The van der Waals surface area contributed by atoms with E-state index < -0.39 is 0 Å². The van der Waals surface area contributed by atoms with Crippen LogP contribution in [0.25, 0.3) is 45.1 Å². The molecule has 2 aliphatic carbocycles. The van der Waals surface area contributed by atoms with E-state index in [9.17, 15) is 0 Å². The molecule has 0 amide bonds. The summed E-state index contributed by atoms with van der Waals surface area (Å²) in [5.74, 6) is 3.09. The first kappa shape index (κ1) is 27.4. The van der Waals surface area contributed by atoms with Crippen molar-refractivity contribution in [3.05, 3.63) is 70.9 Å². The Kier molecular flexibility index (Phi) is 6.77.